The van der Waals surface area contributed by atoms with Crippen LogP contribution in [0.1, 0.15) is 11.4 Å². The van der Waals surface area contributed by atoms with Crippen molar-refractivity contribution in [3.05, 3.63) is 72.2 Å². The number of nitrogens with zero attached hydrogens (tertiary/aromatic N) is 2. The van der Waals surface area contributed by atoms with Crippen molar-refractivity contribution in [2.45, 2.75) is 13.5 Å². The Kier molecular flexibility index (Phi) is 4.07. The first-order valence-corrected chi connectivity index (χ1v) is 9.83. The molecule has 0 aliphatic rings. The molecule has 0 unspecified atom stereocenters. The minimum Gasteiger partial charge on any atom is -0.390 e. The third-order valence-electron chi connectivity index (χ3n) is 4.67. The summed E-state index contributed by atoms with van der Waals surface area (Å²) in [6.07, 6.45) is 1.82. The Hall–Kier alpha value is -3.22. The number of anilines is 2. The molecule has 3 N–H and O–H groups in total. The number of aromatic nitrogens is 3. The zero-order valence-corrected chi connectivity index (χ0v) is 16.0. The van der Waals surface area contributed by atoms with Gasteiger partial charge in [0.05, 0.1) is 38.8 Å². The molecule has 28 heavy (non-hydrogen) atoms. The molecule has 0 aliphatic carbocycles. The summed E-state index contributed by atoms with van der Waals surface area (Å²) in [5, 5.41) is 14.1. The van der Waals surface area contributed by atoms with Crippen molar-refractivity contribution in [2.24, 2.45) is 0 Å². The number of fused-ring (bicyclic) bond motifs is 2. The van der Waals surface area contributed by atoms with Crippen molar-refractivity contribution in [2.75, 3.05) is 5.32 Å². The van der Waals surface area contributed by atoms with Crippen LogP contribution in [0.3, 0.4) is 0 Å². The molecule has 5 rings (SSSR count). The Morgan fingerprint density at radius 1 is 1.11 bits per heavy atom. The van der Waals surface area contributed by atoms with Crippen molar-refractivity contribution in [1.82, 2.24) is 15.0 Å². The zero-order chi connectivity index (χ0) is 19.1. The van der Waals surface area contributed by atoms with Crippen LogP contribution in [0.5, 0.6) is 0 Å². The lowest BCUT2D eigenvalue weighted by molar-refractivity contribution is 0.277. The third kappa shape index (κ3) is 3.02. The lowest BCUT2D eigenvalue weighted by atomic mass is 10.2. The number of hydrogen-bond donors (Lipinski definition) is 3. The molecule has 5 aromatic rings. The first-order valence-electron chi connectivity index (χ1n) is 9.02. The van der Waals surface area contributed by atoms with Gasteiger partial charge in [0.2, 0.25) is 0 Å². The van der Waals surface area contributed by atoms with E-state index in [-0.39, 0.29) is 6.61 Å². The quantitative estimate of drug-likeness (QED) is 0.387. The van der Waals surface area contributed by atoms with E-state index in [2.05, 4.69) is 51.5 Å². The highest BCUT2D eigenvalue weighted by atomic mass is 32.1. The summed E-state index contributed by atoms with van der Waals surface area (Å²) in [5.41, 5.74) is 6.79. The van der Waals surface area contributed by atoms with Gasteiger partial charge in [-0.05, 0) is 55.5 Å². The molecule has 0 spiro atoms. The van der Waals surface area contributed by atoms with E-state index >= 15 is 0 Å². The summed E-state index contributed by atoms with van der Waals surface area (Å²) in [6.45, 7) is 2.00. The maximum Gasteiger partial charge on any atom is 0.0853 e. The second-order valence-electron chi connectivity index (χ2n) is 6.74. The van der Waals surface area contributed by atoms with Crippen LogP contribution >= 0.6 is 11.3 Å². The van der Waals surface area contributed by atoms with E-state index in [9.17, 15) is 5.11 Å². The smallest absolute Gasteiger partial charge is 0.0853 e. The van der Waals surface area contributed by atoms with Crippen LogP contribution in [-0.2, 0) is 6.61 Å². The molecule has 0 radical (unpaired) electrons. The Morgan fingerprint density at radius 3 is 2.93 bits per heavy atom. The number of hydrogen-bond acceptors (Lipinski definition) is 5. The molecule has 4 heterocycles. The van der Waals surface area contributed by atoms with E-state index in [0.29, 0.717) is 5.69 Å². The standard InChI is InChI=1S/C22H18N4OS/c1-13-9-14-10-15(5-6-17(14)24-13)25-19-7-8-23-20-11-21(28-22(19)20)18-4-2-3-16(12-27)26-18/h2-11,24,27H,12H2,1H3,(H,23,25). The molecular formula is C22H18N4OS. The molecule has 0 aliphatic heterocycles. The second-order valence-corrected chi connectivity index (χ2v) is 7.79. The predicted octanol–water partition coefficient (Wildman–Crippen LogP) is 5.38. The van der Waals surface area contributed by atoms with Crippen molar-refractivity contribution in [3.8, 4) is 10.6 Å². The van der Waals surface area contributed by atoms with Crippen LogP contribution in [0.2, 0.25) is 0 Å². The molecule has 0 amide bonds. The number of thiophene rings is 1. The van der Waals surface area contributed by atoms with Gasteiger partial charge in [-0.25, -0.2) is 4.98 Å². The summed E-state index contributed by atoms with van der Waals surface area (Å²) in [6, 6.07) is 18.2. The zero-order valence-electron chi connectivity index (χ0n) is 15.2. The third-order valence-corrected chi connectivity index (χ3v) is 5.85. The monoisotopic (exact) mass is 386 g/mol. The number of nitrogens with one attached hydrogen (secondary N) is 2. The fourth-order valence-electron chi connectivity index (χ4n) is 3.38. The predicted molar refractivity (Wildman–Crippen MR) is 115 cm³/mol. The van der Waals surface area contributed by atoms with E-state index in [1.165, 1.54) is 5.39 Å². The highest BCUT2D eigenvalue weighted by molar-refractivity contribution is 7.22. The molecule has 1 aromatic carbocycles. The van der Waals surface area contributed by atoms with Crippen molar-refractivity contribution < 1.29 is 5.11 Å². The minimum atomic E-state index is -0.0646. The minimum absolute atomic E-state index is 0.0646. The van der Waals surface area contributed by atoms with Gasteiger partial charge in [-0.2, -0.15) is 0 Å². The van der Waals surface area contributed by atoms with Crippen LogP contribution in [0.4, 0.5) is 11.4 Å². The Bertz CT molecular complexity index is 1300. The summed E-state index contributed by atoms with van der Waals surface area (Å²) >= 11 is 1.65. The molecule has 0 atom stereocenters. The fourth-order valence-corrected chi connectivity index (χ4v) is 4.43. The first-order chi connectivity index (χ1) is 13.7. The Balaban J connectivity index is 1.54. The molecule has 138 valence electrons. The number of pyridine rings is 2. The average Bonchev–Trinajstić information content (AvgIpc) is 3.31. The average molecular weight is 386 g/mol. The maximum atomic E-state index is 9.35. The molecule has 0 saturated heterocycles. The van der Waals surface area contributed by atoms with Gasteiger partial charge in [-0.3, -0.25) is 4.98 Å². The van der Waals surface area contributed by atoms with Crippen LogP contribution < -0.4 is 5.32 Å². The number of aliphatic hydroxyl groups excluding tert-OH is 1. The van der Waals surface area contributed by atoms with E-state index in [1.807, 2.05) is 36.5 Å². The molecule has 6 heteroatoms. The number of H-pyrrole nitrogens is 1. The number of benzene rings is 1. The van der Waals surface area contributed by atoms with Gasteiger partial charge in [0.25, 0.3) is 0 Å². The highest BCUT2D eigenvalue weighted by Gasteiger charge is 2.11. The highest BCUT2D eigenvalue weighted by Crippen LogP contribution is 2.37. The van der Waals surface area contributed by atoms with E-state index < -0.39 is 0 Å². The van der Waals surface area contributed by atoms with Gasteiger partial charge in [0.1, 0.15) is 0 Å². The van der Waals surface area contributed by atoms with Crippen LogP contribution in [0.25, 0.3) is 31.7 Å². The summed E-state index contributed by atoms with van der Waals surface area (Å²) in [4.78, 5) is 13.4. The van der Waals surface area contributed by atoms with Crippen molar-refractivity contribution in [3.63, 3.8) is 0 Å². The first kappa shape index (κ1) is 16.9. The molecule has 0 fully saturated rings. The van der Waals surface area contributed by atoms with Gasteiger partial charge in [-0.15, -0.1) is 11.3 Å². The van der Waals surface area contributed by atoms with E-state index in [0.717, 1.165) is 43.4 Å². The largest absolute Gasteiger partial charge is 0.390 e. The normalized spacial score (nSPS) is 11.4. The lowest BCUT2D eigenvalue weighted by Crippen LogP contribution is -1.90. The van der Waals surface area contributed by atoms with Crippen molar-refractivity contribution >= 4 is 43.8 Å². The summed E-state index contributed by atoms with van der Waals surface area (Å²) in [7, 11) is 0. The number of aromatic amines is 1. The summed E-state index contributed by atoms with van der Waals surface area (Å²) in [5.74, 6) is 0. The van der Waals surface area contributed by atoms with Gasteiger partial charge in [0.15, 0.2) is 0 Å². The molecule has 4 aromatic heterocycles. The maximum absolute atomic E-state index is 9.35. The topological polar surface area (TPSA) is 73.8 Å². The van der Waals surface area contributed by atoms with Gasteiger partial charge < -0.3 is 15.4 Å². The molecule has 0 saturated carbocycles. The van der Waals surface area contributed by atoms with Gasteiger partial charge in [-0.1, -0.05) is 6.07 Å². The SMILES string of the molecule is Cc1cc2cc(Nc3ccnc4cc(-c5cccc(CO)n5)sc34)ccc2[nH]1. The van der Waals surface area contributed by atoms with Crippen LogP contribution in [0, 0.1) is 6.92 Å². The Labute approximate surface area is 165 Å². The van der Waals surface area contributed by atoms with Crippen molar-refractivity contribution in [1.29, 1.82) is 0 Å². The Morgan fingerprint density at radius 2 is 2.04 bits per heavy atom. The van der Waals surface area contributed by atoms with E-state index in [1.54, 1.807) is 11.3 Å². The second kappa shape index (κ2) is 6.74. The lowest BCUT2D eigenvalue weighted by Gasteiger charge is -2.07. The van der Waals surface area contributed by atoms with E-state index in [4.69, 9.17) is 0 Å². The molecular weight excluding hydrogens is 368 g/mol. The molecule has 5 nitrogen and oxygen atoms in total. The van der Waals surface area contributed by atoms with Gasteiger partial charge >= 0.3 is 0 Å². The molecule has 0 bridgehead atoms. The number of aryl methyl sites for hydroxylation is 1. The van der Waals surface area contributed by atoms with Crippen LogP contribution in [-0.4, -0.2) is 20.1 Å². The van der Waals surface area contributed by atoms with Crippen LogP contribution in [0.15, 0.2) is 60.8 Å². The van der Waals surface area contributed by atoms with Gasteiger partial charge in [0, 0.05) is 28.5 Å². The fraction of sp³-hybridized carbons (Fsp3) is 0.0909. The number of rotatable bonds is 4. The summed E-state index contributed by atoms with van der Waals surface area (Å²) < 4.78 is 1.08. The number of aliphatic hydroxyl groups is 1.